The second-order valence-electron chi connectivity index (χ2n) is 6.35. The summed E-state index contributed by atoms with van der Waals surface area (Å²) in [5.41, 5.74) is 2.75. The maximum Gasteiger partial charge on any atom is 0.0377 e. The van der Waals surface area contributed by atoms with E-state index in [0.717, 1.165) is 24.9 Å². The first-order valence-corrected chi connectivity index (χ1v) is 8.79. The van der Waals surface area contributed by atoms with Crippen molar-refractivity contribution < 1.29 is 0 Å². The van der Waals surface area contributed by atoms with E-state index in [1.54, 1.807) is 0 Å². The van der Waals surface area contributed by atoms with Gasteiger partial charge >= 0.3 is 0 Å². The van der Waals surface area contributed by atoms with Crippen molar-refractivity contribution in [2.75, 3.05) is 24.5 Å². The van der Waals surface area contributed by atoms with E-state index in [4.69, 9.17) is 0 Å². The van der Waals surface area contributed by atoms with E-state index in [-0.39, 0.29) is 0 Å². The number of rotatable bonds is 8. The summed E-state index contributed by atoms with van der Waals surface area (Å²) >= 11 is 3.74. The minimum absolute atomic E-state index is 0.947. The smallest absolute Gasteiger partial charge is 0.0377 e. The lowest BCUT2D eigenvalue weighted by Crippen LogP contribution is -2.28. The van der Waals surface area contributed by atoms with Gasteiger partial charge in [-0.25, -0.2) is 0 Å². The van der Waals surface area contributed by atoms with Crippen LogP contribution in [-0.2, 0) is 6.54 Å². The summed E-state index contributed by atoms with van der Waals surface area (Å²) in [6, 6.07) is 6.90. The molecule has 110 valence electrons. The quantitative estimate of drug-likeness (QED) is 0.765. The van der Waals surface area contributed by atoms with E-state index in [1.165, 1.54) is 54.5 Å². The van der Waals surface area contributed by atoms with Crippen molar-refractivity contribution in [1.82, 2.24) is 5.32 Å². The van der Waals surface area contributed by atoms with E-state index < -0.39 is 0 Å². The maximum absolute atomic E-state index is 3.74. The number of nitrogens with one attached hydrogen (secondary N) is 1. The highest BCUT2D eigenvalue weighted by Gasteiger charge is 2.29. The Bertz CT molecular complexity index is 438. The topological polar surface area (TPSA) is 15.3 Å². The van der Waals surface area contributed by atoms with Gasteiger partial charge in [-0.1, -0.05) is 28.9 Å². The van der Waals surface area contributed by atoms with E-state index in [2.05, 4.69) is 51.3 Å². The van der Waals surface area contributed by atoms with Gasteiger partial charge < -0.3 is 10.2 Å². The molecule has 1 aromatic carbocycles. The van der Waals surface area contributed by atoms with Crippen molar-refractivity contribution in [2.45, 2.75) is 39.2 Å². The Morgan fingerprint density at radius 3 is 2.30 bits per heavy atom. The normalized spacial score (nSPS) is 18.3. The van der Waals surface area contributed by atoms with Gasteiger partial charge in [-0.15, -0.1) is 0 Å². The third-order valence-corrected chi connectivity index (χ3v) is 5.06. The van der Waals surface area contributed by atoms with E-state index >= 15 is 0 Å². The second-order valence-corrected chi connectivity index (χ2v) is 7.20. The van der Waals surface area contributed by atoms with Gasteiger partial charge in [-0.2, -0.15) is 0 Å². The molecular formula is C17H25BrN2. The van der Waals surface area contributed by atoms with Crippen molar-refractivity contribution in [2.24, 2.45) is 11.8 Å². The molecule has 0 unspecified atom stereocenters. The SMILES string of the molecule is CCNCc1ccc(N(CC2CC2)CC2CC2)cc1Br. The molecule has 0 radical (unpaired) electrons. The highest BCUT2D eigenvalue weighted by atomic mass is 79.9. The first-order valence-electron chi connectivity index (χ1n) is 8.00. The summed E-state index contributed by atoms with van der Waals surface area (Å²) in [7, 11) is 0. The van der Waals surface area contributed by atoms with Crippen LogP contribution >= 0.6 is 15.9 Å². The lowest BCUT2D eigenvalue weighted by molar-refractivity contribution is 0.678. The average molecular weight is 337 g/mol. The minimum atomic E-state index is 0.947. The highest BCUT2D eigenvalue weighted by Crippen LogP contribution is 2.36. The zero-order valence-electron chi connectivity index (χ0n) is 12.4. The molecule has 0 atom stereocenters. The largest absolute Gasteiger partial charge is 0.371 e. The van der Waals surface area contributed by atoms with E-state index in [1.807, 2.05) is 0 Å². The Balaban J connectivity index is 1.69. The minimum Gasteiger partial charge on any atom is -0.371 e. The molecule has 0 spiro atoms. The summed E-state index contributed by atoms with van der Waals surface area (Å²) < 4.78 is 1.24. The lowest BCUT2D eigenvalue weighted by atomic mass is 10.1. The van der Waals surface area contributed by atoms with Crippen LogP contribution in [0.3, 0.4) is 0 Å². The van der Waals surface area contributed by atoms with Crippen LogP contribution in [0.2, 0.25) is 0 Å². The summed E-state index contributed by atoms with van der Waals surface area (Å²) in [6.45, 7) is 6.63. The summed E-state index contributed by atoms with van der Waals surface area (Å²) in [4.78, 5) is 2.62. The predicted molar refractivity (Wildman–Crippen MR) is 89.2 cm³/mol. The average Bonchev–Trinajstić information content (AvgIpc) is 3.32. The number of halogens is 1. The van der Waals surface area contributed by atoms with Crippen molar-refractivity contribution >= 4 is 21.6 Å². The van der Waals surface area contributed by atoms with Gasteiger partial charge in [0.05, 0.1) is 0 Å². The van der Waals surface area contributed by atoms with Crippen molar-refractivity contribution in [3.8, 4) is 0 Å². The van der Waals surface area contributed by atoms with Gasteiger partial charge in [0.2, 0.25) is 0 Å². The molecule has 2 aliphatic rings. The fraction of sp³-hybridized carbons (Fsp3) is 0.647. The fourth-order valence-corrected chi connectivity index (χ4v) is 3.15. The number of hydrogen-bond donors (Lipinski definition) is 1. The molecule has 2 saturated carbocycles. The van der Waals surface area contributed by atoms with Crippen molar-refractivity contribution in [3.63, 3.8) is 0 Å². The Morgan fingerprint density at radius 2 is 1.80 bits per heavy atom. The molecule has 2 fully saturated rings. The molecule has 0 saturated heterocycles. The summed E-state index contributed by atoms with van der Waals surface area (Å²) in [6.07, 6.45) is 5.73. The first kappa shape index (κ1) is 14.4. The third kappa shape index (κ3) is 3.98. The molecule has 3 rings (SSSR count). The summed E-state index contributed by atoms with van der Waals surface area (Å²) in [5.74, 6) is 1.91. The Hall–Kier alpha value is -0.540. The standard InChI is InChI=1S/C17H25BrN2/c1-2-19-10-15-7-8-16(9-17(15)18)20(11-13-3-4-13)12-14-5-6-14/h7-9,13-14,19H,2-6,10-12H2,1H3. The molecule has 0 amide bonds. The number of anilines is 1. The fourth-order valence-electron chi connectivity index (χ4n) is 2.65. The van der Waals surface area contributed by atoms with Crippen LogP contribution in [0.25, 0.3) is 0 Å². The molecule has 0 heterocycles. The molecule has 2 nitrogen and oxygen atoms in total. The van der Waals surface area contributed by atoms with Crippen LogP contribution in [0.15, 0.2) is 22.7 Å². The van der Waals surface area contributed by atoms with Gasteiger partial charge in [0.25, 0.3) is 0 Å². The Morgan fingerprint density at radius 1 is 1.15 bits per heavy atom. The molecule has 0 aromatic heterocycles. The van der Waals surface area contributed by atoms with Gasteiger partial charge in [-0.3, -0.25) is 0 Å². The second kappa shape index (κ2) is 6.48. The van der Waals surface area contributed by atoms with Crippen LogP contribution in [0.4, 0.5) is 5.69 Å². The van der Waals surface area contributed by atoms with E-state index in [0.29, 0.717) is 0 Å². The predicted octanol–water partition coefficient (Wildman–Crippen LogP) is 4.19. The lowest BCUT2D eigenvalue weighted by Gasteiger charge is -2.25. The molecular weight excluding hydrogens is 312 g/mol. The first-order chi connectivity index (χ1) is 9.76. The van der Waals surface area contributed by atoms with Gasteiger partial charge in [0.15, 0.2) is 0 Å². The molecule has 0 bridgehead atoms. The molecule has 1 aromatic rings. The van der Waals surface area contributed by atoms with Crippen LogP contribution in [0.1, 0.15) is 38.2 Å². The molecule has 3 heteroatoms. The van der Waals surface area contributed by atoms with Gasteiger partial charge in [0.1, 0.15) is 0 Å². The summed E-state index contributed by atoms with van der Waals surface area (Å²) in [5, 5.41) is 3.39. The zero-order valence-corrected chi connectivity index (χ0v) is 14.0. The van der Waals surface area contributed by atoms with Crippen molar-refractivity contribution in [3.05, 3.63) is 28.2 Å². The molecule has 0 aliphatic heterocycles. The monoisotopic (exact) mass is 336 g/mol. The van der Waals surface area contributed by atoms with Crippen molar-refractivity contribution in [1.29, 1.82) is 0 Å². The van der Waals surface area contributed by atoms with Crippen LogP contribution in [-0.4, -0.2) is 19.6 Å². The Labute approximate surface area is 131 Å². The van der Waals surface area contributed by atoms with E-state index in [9.17, 15) is 0 Å². The van der Waals surface area contributed by atoms with Gasteiger partial charge in [-0.05, 0) is 61.8 Å². The third-order valence-electron chi connectivity index (χ3n) is 4.32. The Kier molecular flexibility index (Phi) is 4.67. The maximum atomic E-state index is 3.74. The zero-order chi connectivity index (χ0) is 13.9. The number of nitrogens with zero attached hydrogens (tertiary/aromatic N) is 1. The molecule has 1 N–H and O–H groups in total. The number of benzene rings is 1. The number of hydrogen-bond acceptors (Lipinski definition) is 2. The highest BCUT2D eigenvalue weighted by molar-refractivity contribution is 9.10. The molecule has 2 aliphatic carbocycles. The van der Waals surface area contributed by atoms with Crippen LogP contribution in [0, 0.1) is 11.8 Å². The van der Waals surface area contributed by atoms with Gasteiger partial charge in [0, 0.05) is 29.8 Å². The van der Waals surface area contributed by atoms with Crippen LogP contribution < -0.4 is 10.2 Å². The van der Waals surface area contributed by atoms with Crippen LogP contribution in [0.5, 0.6) is 0 Å². The molecule has 20 heavy (non-hydrogen) atoms.